The molecule has 2 amide bonds. The van der Waals surface area contributed by atoms with Crippen LogP contribution in [0.15, 0.2) is 23.3 Å². The fourth-order valence-electron chi connectivity index (χ4n) is 3.18. The summed E-state index contributed by atoms with van der Waals surface area (Å²) in [6.45, 7) is 5.67. The van der Waals surface area contributed by atoms with Crippen LogP contribution in [0.25, 0.3) is 0 Å². The average molecular weight is 352 g/mol. The maximum absolute atomic E-state index is 14.4. The van der Waals surface area contributed by atoms with Crippen LogP contribution in [0.4, 0.5) is 10.1 Å². The van der Waals surface area contributed by atoms with Gasteiger partial charge in [-0.1, -0.05) is 18.5 Å². The molecule has 1 aliphatic heterocycles. The van der Waals surface area contributed by atoms with Gasteiger partial charge in [-0.15, -0.1) is 0 Å². The number of halogens is 2. The molecule has 0 N–H and O–H groups in total. The minimum atomic E-state index is -0.717. The number of rotatable bonds is 3. The molecule has 0 spiro atoms. The maximum atomic E-state index is 14.4. The van der Waals surface area contributed by atoms with Gasteiger partial charge in [-0.2, -0.15) is 0 Å². The van der Waals surface area contributed by atoms with E-state index in [4.69, 9.17) is 16.3 Å². The molecule has 1 heterocycles. The minimum Gasteiger partial charge on any atom is -0.489 e. The van der Waals surface area contributed by atoms with Gasteiger partial charge < -0.3 is 4.74 Å². The van der Waals surface area contributed by atoms with Crippen LogP contribution in [0.2, 0.25) is 5.02 Å². The van der Waals surface area contributed by atoms with Gasteiger partial charge in [0.05, 0.1) is 16.8 Å². The number of imide groups is 1. The van der Waals surface area contributed by atoms with E-state index in [1.54, 1.807) is 0 Å². The molecule has 0 saturated carbocycles. The molecule has 4 nitrogen and oxygen atoms in total. The molecule has 6 heteroatoms. The Morgan fingerprint density at radius 2 is 1.92 bits per heavy atom. The lowest BCUT2D eigenvalue weighted by atomic mass is 9.86. The molecule has 128 valence electrons. The van der Waals surface area contributed by atoms with Gasteiger partial charge in [0.25, 0.3) is 11.8 Å². The van der Waals surface area contributed by atoms with Crippen LogP contribution in [-0.2, 0) is 9.59 Å². The van der Waals surface area contributed by atoms with E-state index in [0.717, 1.165) is 17.4 Å². The molecule has 0 fully saturated rings. The second-order valence-electron chi connectivity index (χ2n) is 6.65. The van der Waals surface area contributed by atoms with Crippen molar-refractivity contribution in [1.82, 2.24) is 0 Å². The van der Waals surface area contributed by atoms with Gasteiger partial charge in [0.15, 0.2) is 0 Å². The first-order valence-electron chi connectivity index (χ1n) is 8.06. The third-order valence-electron chi connectivity index (χ3n) is 4.33. The summed E-state index contributed by atoms with van der Waals surface area (Å²) in [4.78, 5) is 26.2. The van der Waals surface area contributed by atoms with Crippen molar-refractivity contribution in [2.45, 2.75) is 46.1 Å². The summed E-state index contributed by atoms with van der Waals surface area (Å²) in [6, 6.07) is 2.41. The topological polar surface area (TPSA) is 46.6 Å². The predicted molar refractivity (Wildman–Crippen MR) is 89.7 cm³/mol. The average Bonchev–Trinajstić information content (AvgIpc) is 2.73. The summed E-state index contributed by atoms with van der Waals surface area (Å²) in [7, 11) is 0. The summed E-state index contributed by atoms with van der Waals surface area (Å²) >= 11 is 6.00. The summed E-state index contributed by atoms with van der Waals surface area (Å²) in [5, 5.41) is 0.107. The van der Waals surface area contributed by atoms with Crippen LogP contribution in [0.1, 0.15) is 40.0 Å². The smallest absolute Gasteiger partial charge is 0.261 e. The molecule has 0 radical (unpaired) electrons. The largest absolute Gasteiger partial charge is 0.489 e. The van der Waals surface area contributed by atoms with Crippen LogP contribution >= 0.6 is 11.6 Å². The van der Waals surface area contributed by atoms with E-state index in [0.29, 0.717) is 29.9 Å². The van der Waals surface area contributed by atoms with Crippen molar-refractivity contribution in [3.8, 4) is 5.75 Å². The third-order valence-corrected chi connectivity index (χ3v) is 4.63. The molecule has 1 aromatic rings. The zero-order valence-corrected chi connectivity index (χ0v) is 14.6. The highest BCUT2D eigenvalue weighted by Gasteiger charge is 2.42. The van der Waals surface area contributed by atoms with Crippen molar-refractivity contribution in [3.05, 3.63) is 34.1 Å². The molecule has 0 aromatic heterocycles. The zero-order valence-electron chi connectivity index (χ0n) is 13.9. The Morgan fingerprint density at radius 1 is 1.25 bits per heavy atom. The van der Waals surface area contributed by atoms with Crippen LogP contribution in [-0.4, -0.2) is 17.9 Å². The normalized spacial score (nSPS) is 20.9. The van der Waals surface area contributed by atoms with Crippen molar-refractivity contribution in [1.29, 1.82) is 0 Å². The predicted octanol–water partition coefficient (Wildman–Crippen LogP) is 4.26. The lowest BCUT2D eigenvalue weighted by Crippen LogP contribution is -2.32. The van der Waals surface area contributed by atoms with Crippen LogP contribution < -0.4 is 9.64 Å². The Bertz CT molecular complexity index is 757. The van der Waals surface area contributed by atoms with Crippen molar-refractivity contribution in [2.75, 3.05) is 4.90 Å². The SMILES string of the molecule is CC1CCC2=C(C1)C(=O)N(c1cc(OC(C)C)c(Cl)cc1F)C2=O. The maximum Gasteiger partial charge on any atom is 0.261 e. The van der Waals surface area contributed by atoms with E-state index in [1.807, 2.05) is 20.8 Å². The summed E-state index contributed by atoms with van der Waals surface area (Å²) in [6.07, 6.45) is 1.80. The van der Waals surface area contributed by atoms with Gasteiger partial charge in [-0.3, -0.25) is 9.59 Å². The highest BCUT2D eigenvalue weighted by molar-refractivity contribution is 6.34. The molecule has 2 aliphatic rings. The highest BCUT2D eigenvalue weighted by Crippen LogP contribution is 2.40. The quantitative estimate of drug-likeness (QED) is 0.764. The number of nitrogens with zero attached hydrogens (tertiary/aromatic N) is 1. The Morgan fingerprint density at radius 3 is 2.58 bits per heavy atom. The number of benzene rings is 1. The molecule has 24 heavy (non-hydrogen) atoms. The van der Waals surface area contributed by atoms with Crippen molar-refractivity contribution >= 4 is 29.1 Å². The second kappa shape index (κ2) is 6.20. The monoisotopic (exact) mass is 351 g/mol. The fraction of sp³-hybridized carbons (Fsp3) is 0.444. The molecular formula is C18H19ClFNO3. The summed E-state index contributed by atoms with van der Waals surface area (Å²) in [5.74, 6) is -0.986. The van der Waals surface area contributed by atoms with E-state index < -0.39 is 17.6 Å². The lowest BCUT2D eigenvalue weighted by molar-refractivity contribution is -0.120. The number of hydrogen-bond acceptors (Lipinski definition) is 3. The lowest BCUT2D eigenvalue weighted by Gasteiger charge is -2.19. The number of hydrogen-bond donors (Lipinski definition) is 0. The molecule has 3 rings (SSSR count). The first-order chi connectivity index (χ1) is 11.3. The van der Waals surface area contributed by atoms with Gasteiger partial charge >= 0.3 is 0 Å². The number of anilines is 1. The van der Waals surface area contributed by atoms with E-state index in [1.165, 1.54) is 6.07 Å². The van der Waals surface area contributed by atoms with E-state index in [-0.39, 0.29) is 22.6 Å². The summed E-state index contributed by atoms with van der Waals surface area (Å²) < 4.78 is 20.0. The number of amides is 2. The first kappa shape index (κ1) is 17.0. The molecule has 1 atom stereocenters. The number of carbonyl (C=O) groups excluding carboxylic acids is 2. The third kappa shape index (κ3) is 2.81. The van der Waals surface area contributed by atoms with Crippen molar-refractivity contribution in [3.63, 3.8) is 0 Å². The van der Waals surface area contributed by atoms with Crippen LogP contribution in [0, 0.1) is 11.7 Å². The number of ether oxygens (including phenoxy) is 1. The Hall–Kier alpha value is -1.88. The van der Waals surface area contributed by atoms with Gasteiger partial charge in [0.2, 0.25) is 0 Å². The molecule has 0 bridgehead atoms. The summed E-state index contributed by atoms with van der Waals surface area (Å²) in [5.41, 5.74) is 0.922. The first-order valence-corrected chi connectivity index (χ1v) is 8.44. The molecule has 0 saturated heterocycles. The van der Waals surface area contributed by atoms with Gasteiger partial charge in [-0.05, 0) is 45.1 Å². The van der Waals surface area contributed by atoms with E-state index in [9.17, 15) is 14.0 Å². The van der Waals surface area contributed by atoms with Gasteiger partial charge in [0, 0.05) is 17.2 Å². The molecular weight excluding hydrogens is 333 g/mol. The van der Waals surface area contributed by atoms with Crippen LogP contribution in [0.5, 0.6) is 5.75 Å². The zero-order chi connectivity index (χ0) is 17.6. The van der Waals surface area contributed by atoms with Crippen LogP contribution in [0.3, 0.4) is 0 Å². The Labute approximate surface area is 145 Å². The van der Waals surface area contributed by atoms with Crippen molar-refractivity contribution in [2.24, 2.45) is 5.92 Å². The number of carbonyl (C=O) groups is 2. The van der Waals surface area contributed by atoms with Gasteiger partial charge in [-0.25, -0.2) is 9.29 Å². The molecule has 1 aliphatic carbocycles. The fourth-order valence-corrected chi connectivity index (χ4v) is 3.38. The molecule has 1 aromatic carbocycles. The van der Waals surface area contributed by atoms with Crippen molar-refractivity contribution < 1.29 is 18.7 Å². The Kier molecular flexibility index (Phi) is 4.38. The standard InChI is InChI=1S/C18H19ClFNO3/c1-9(2)24-16-8-15(14(20)7-13(16)19)21-17(22)11-5-4-10(3)6-12(11)18(21)23/h7-10H,4-6H2,1-3H3. The van der Waals surface area contributed by atoms with Gasteiger partial charge in [0.1, 0.15) is 11.6 Å². The Balaban J connectivity index is 2.01. The highest BCUT2D eigenvalue weighted by atomic mass is 35.5. The second-order valence-corrected chi connectivity index (χ2v) is 7.06. The van der Waals surface area contributed by atoms with E-state index in [2.05, 4.69) is 0 Å². The van der Waals surface area contributed by atoms with E-state index >= 15 is 0 Å². The minimum absolute atomic E-state index is 0.105. The molecule has 1 unspecified atom stereocenters.